The molecule has 17 heavy (non-hydrogen) atoms. The molecule has 0 aliphatic heterocycles. The molecule has 0 aliphatic rings. The van der Waals surface area contributed by atoms with Crippen LogP contribution in [-0.4, -0.2) is 12.9 Å². The highest BCUT2D eigenvalue weighted by Crippen LogP contribution is 2.28. The van der Waals surface area contributed by atoms with Crippen molar-refractivity contribution in [3.8, 4) is 5.75 Å². The molecule has 0 amide bonds. The van der Waals surface area contributed by atoms with Crippen LogP contribution in [0.15, 0.2) is 34.1 Å². The fourth-order valence-electron chi connectivity index (χ4n) is 1.49. The van der Waals surface area contributed by atoms with E-state index in [0.29, 0.717) is 16.2 Å². The molecule has 1 aromatic carbocycles. The molecule has 0 saturated heterocycles. The van der Waals surface area contributed by atoms with Crippen molar-refractivity contribution in [2.24, 2.45) is 0 Å². The molecular weight excluding hydrogens is 300 g/mol. The van der Waals surface area contributed by atoms with Gasteiger partial charge in [0.15, 0.2) is 0 Å². The fraction of sp³-hybridized carbons (Fsp3) is 0.154. The van der Waals surface area contributed by atoms with Crippen LogP contribution in [0, 0.1) is 6.92 Å². The van der Waals surface area contributed by atoms with Crippen molar-refractivity contribution in [2.75, 3.05) is 7.11 Å². The third-order valence-electron chi connectivity index (χ3n) is 2.49. The number of carbonyl (C=O) groups excluding carboxylic acids is 1. The summed E-state index contributed by atoms with van der Waals surface area (Å²) in [5.41, 5.74) is 1.78. The van der Waals surface area contributed by atoms with Gasteiger partial charge in [0.1, 0.15) is 10.6 Å². The molecule has 2 aromatic rings. The average molecular weight is 311 g/mol. The molecule has 88 valence electrons. The molecule has 0 N–H and O–H groups in total. The van der Waals surface area contributed by atoms with E-state index < -0.39 is 0 Å². The van der Waals surface area contributed by atoms with Crippen LogP contribution < -0.4 is 4.74 Å². The van der Waals surface area contributed by atoms with Gasteiger partial charge in [-0.2, -0.15) is 0 Å². The lowest BCUT2D eigenvalue weighted by Crippen LogP contribution is -2.01. The second-order valence-corrected chi connectivity index (χ2v) is 5.38. The highest BCUT2D eigenvalue weighted by atomic mass is 79.9. The Kier molecular flexibility index (Phi) is 3.64. The van der Waals surface area contributed by atoms with Crippen LogP contribution in [0.4, 0.5) is 0 Å². The Morgan fingerprint density at radius 3 is 2.76 bits per heavy atom. The zero-order valence-electron chi connectivity index (χ0n) is 9.49. The van der Waals surface area contributed by atoms with Crippen LogP contribution in [-0.2, 0) is 0 Å². The maximum Gasteiger partial charge on any atom is 0.206 e. The normalized spacial score (nSPS) is 10.3. The van der Waals surface area contributed by atoms with Gasteiger partial charge in [-0.1, -0.05) is 28.1 Å². The van der Waals surface area contributed by atoms with Crippen LogP contribution in [0.5, 0.6) is 5.75 Å². The number of carbonyl (C=O) groups is 1. The molecule has 4 heteroatoms. The second kappa shape index (κ2) is 5.02. The minimum atomic E-state index is -0.00227. The number of rotatable bonds is 3. The number of ketones is 1. The Bertz CT molecular complexity index is 560. The summed E-state index contributed by atoms with van der Waals surface area (Å²) in [7, 11) is 1.57. The third kappa shape index (κ3) is 2.42. The lowest BCUT2D eigenvalue weighted by molar-refractivity contribution is 0.104. The maximum absolute atomic E-state index is 12.3. The van der Waals surface area contributed by atoms with Gasteiger partial charge in [0.25, 0.3) is 0 Å². The van der Waals surface area contributed by atoms with E-state index in [1.54, 1.807) is 13.2 Å². The van der Waals surface area contributed by atoms with Gasteiger partial charge in [0, 0.05) is 10.0 Å². The van der Waals surface area contributed by atoms with Crippen molar-refractivity contribution in [1.29, 1.82) is 0 Å². The molecular formula is C13H11BrO2S. The van der Waals surface area contributed by atoms with E-state index >= 15 is 0 Å². The molecule has 0 spiro atoms. The standard InChI is InChI=1S/C13H11BrO2S/c1-8-3-4-9(7-10(8)14)12(15)13-11(16-2)5-6-17-13/h3-7H,1-2H3. The van der Waals surface area contributed by atoms with Gasteiger partial charge in [-0.3, -0.25) is 4.79 Å². The predicted octanol–water partition coefficient (Wildman–Crippen LogP) is 4.06. The Labute approximate surface area is 112 Å². The third-order valence-corrected chi connectivity index (χ3v) is 4.24. The number of aryl methyl sites for hydroxylation is 1. The molecule has 0 fully saturated rings. The highest BCUT2D eigenvalue weighted by molar-refractivity contribution is 9.10. The number of ether oxygens (including phenoxy) is 1. The molecule has 0 saturated carbocycles. The van der Waals surface area contributed by atoms with Crippen LogP contribution in [0.25, 0.3) is 0 Å². The zero-order valence-corrected chi connectivity index (χ0v) is 11.9. The SMILES string of the molecule is COc1ccsc1C(=O)c1ccc(C)c(Br)c1. The molecule has 2 nitrogen and oxygen atoms in total. The quantitative estimate of drug-likeness (QED) is 0.799. The molecule has 0 bridgehead atoms. The maximum atomic E-state index is 12.3. The first-order chi connectivity index (χ1) is 8.13. The van der Waals surface area contributed by atoms with Crippen molar-refractivity contribution in [1.82, 2.24) is 0 Å². The van der Waals surface area contributed by atoms with Gasteiger partial charge >= 0.3 is 0 Å². The Morgan fingerprint density at radius 2 is 2.12 bits per heavy atom. The first kappa shape index (κ1) is 12.3. The Morgan fingerprint density at radius 1 is 1.35 bits per heavy atom. The van der Waals surface area contributed by atoms with E-state index in [9.17, 15) is 4.79 Å². The summed E-state index contributed by atoms with van der Waals surface area (Å²) >= 11 is 4.83. The van der Waals surface area contributed by atoms with Crippen LogP contribution in [0.1, 0.15) is 20.8 Å². The topological polar surface area (TPSA) is 26.3 Å². The van der Waals surface area contributed by atoms with Crippen molar-refractivity contribution >= 4 is 33.0 Å². The summed E-state index contributed by atoms with van der Waals surface area (Å²) in [5.74, 6) is 0.634. The predicted molar refractivity (Wildman–Crippen MR) is 73.2 cm³/mol. The molecule has 0 aliphatic carbocycles. The average Bonchev–Trinajstić information content (AvgIpc) is 2.80. The van der Waals surface area contributed by atoms with E-state index in [4.69, 9.17) is 4.74 Å². The largest absolute Gasteiger partial charge is 0.495 e. The molecule has 0 radical (unpaired) electrons. The minimum absolute atomic E-state index is 0.00227. The molecule has 0 unspecified atom stereocenters. The molecule has 1 heterocycles. The van der Waals surface area contributed by atoms with Crippen LogP contribution in [0.3, 0.4) is 0 Å². The van der Waals surface area contributed by atoms with Crippen LogP contribution >= 0.6 is 27.3 Å². The smallest absolute Gasteiger partial charge is 0.206 e. The van der Waals surface area contributed by atoms with Crippen molar-refractivity contribution in [3.63, 3.8) is 0 Å². The lowest BCUT2D eigenvalue weighted by Gasteiger charge is -2.04. The fourth-order valence-corrected chi connectivity index (χ4v) is 2.69. The summed E-state index contributed by atoms with van der Waals surface area (Å²) < 4.78 is 6.10. The molecule has 1 aromatic heterocycles. The number of hydrogen-bond acceptors (Lipinski definition) is 3. The van der Waals surface area contributed by atoms with E-state index in [0.717, 1.165) is 10.0 Å². The highest BCUT2D eigenvalue weighted by Gasteiger charge is 2.16. The van der Waals surface area contributed by atoms with E-state index in [2.05, 4.69) is 15.9 Å². The van der Waals surface area contributed by atoms with Crippen LogP contribution in [0.2, 0.25) is 0 Å². The number of benzene rings is 1. The van der Waals surface area contributed by atoms with Gasteiger partial charge in [-0.15, -0.1) is 11.3 Å². The van der Waals surface area contributed by atoms with E-state index in [1.165, 1.54) is 11.3 Å². The monoisotopic (exact) mass is 310 g/mol. The minimum Gasteiger partial charge on any atom is -0.495 e. The molecule has 0 atom stereocenters. The first-order valence-corrected chi connectivity index (χ1v) is 6.73. The molecule has 2 rings (SSSR count). The number of methoxy groups -OCH3 is 1. The summed E-state index contributed by atoms with van der Waals surface area (Å²) in [5, 5.41) is 1.86. The van der Waals surface area contributed by atoms with Gasteiger partial charge in [-0.05, 0) is 30.0 Å². The lowest BCUT2D eigenvalue weighted by atomic mass is 10.1. The van der Waals surface area contributed by atoms with Crippen molar-refractivity contribution < 1.29 is 9.53 Å². The van der Waals surface area contributed by atoms with Gasteiger partial charge in [0.2, 0.25) is 5.78 Å². The Balaban J connectivity index is 2.40. The first-order valence-electron chi connectivity index (χ1n) is 5.06. The number of hydrogen-bond donors (Lipinski definition) is 0. The van der Waals surface area contributed by atoms with E-state index in [1.807, 2.05) is 30.5 Å². The summed E-state index contributed by atoms with van der Waals surface area (Å²) in [4.78, 5) is 12.9. The zero-order chi connectivity index (χ0) is 12.4. The van der Waals surface area contributed by atoms with Crippen molar-refractivity contribution in [2.45, 2.75) is 6.92 Å². The van der Waals surface area contributed by atoms with Gasteiger partial charge in [-0.25, -0.2) is 0 Å². The summed E-state index contributed by atoms with van der Waals surface area (Å²) in [6.07, 6.45) is 0. The van der Waals surface area contributed by atoms with Crippen molar-refractivity contribution in [3.05, 3.63) is 50.1 Å². The summed E-state index contributed by atoms with van der Waals surface area (Å²) in [6, 6.07) is 7.41. The van der Waals surface area contributed by atoms with Gasteiger partial charge in [0.05, 0.1) is 7.11 Å². The van der Waals surface area contributed by atoms with Gasteiger partial charge < -0.3 is 4.74 Å². The number of halogens is 1. The summed E-state index contributed by atoms with van der Waals surface area (Å²) in [6.45, 7) is 1.99. The second-order valence-electron chi connectivity index (χ2n) is 3.61. The number of thiophene rings is 1. The Hall–Kier alpha value is -1.13. The van der Waals surface area contributed by atoms with E-state index in [-0.39, 0.29) is 5.78 Å².